The highest BCUT2D eigenvalue weighted by atomic mass is 16.4. The fraction of sp³-hybridized carbons (Fsp3) is 0.636. The molecule has 0 fully saturated rings. The number of guanidine groups is 1. The van der Waals surface area contributed by atoms with Crippen LogP contribution in [0.2, 0.25) is 0 Å². The lowest BCUT2D eigenvalue weighted by Gasteiger charge is -2.26. The SMILES string of the molecule is CC(C)CC(N)C(=O)NC(C(=O)NC(Cc1cnc[nH]1)C(=O)NC(CCCN=C(N)N)C(=O)O)C(C)O. The van der Waals surface area contributed by atoms with Crippen LogP contribution < -0.4 is 33.2 Å². The van der Waals surface area contributed by atoms with Gasteiger partial charge in [0.2, 0.25) is 17.7 Å². The van der Waals surface area contributed by atoms with E-state index in [4.69, 9.17) is 17.2 Å². The van der Waals surface area contributed by atoms with E-state index in [-0.39, 0.29) is 37.7 Å². The highest BCUT2D eigenvalue weighted by Crippen LogP contribution is 2.06. The van der Waals surface area contributed by atoms with Crippen LogP contribution in [0.5, 0.6) is 0 Å². The maximum Gasteiger partial charge on any atom is 0.326 e. The van der Waals surface area contributed by atoms with Gasteiger partial charge in [-0.2, -0.15) is 0 Å². The number of carbonyl (C=O) groups excluding carboxylic acids is 3. The molecule has 1 heterocycles. The molecule has 0 aromatic carbocycles. The minimum Gasteiger partial charge on any atom is -0.480 e. The summed E-state index contributed by atoms with van der Waals surface area (Å²) in [6.07, 6.45) is 2.12. The van der Waals surface area contributed by atoms with E-state index in [1.165, 1.54) is 19.4 Å². The van der Waals surface area contributed by atoms with Crippen LogP contribution in [0.15, 0.2) is 17.5 Å². The number of rotatable bonds is 16. The third-order valence-corrected chi connectivity index (χ3v) is 5.30. The van der Waals surface area contributed by atoms with Gasteiger partial charge in [-0.05, 0) is 32.1 Å². The van der Waals surface area contributed by atoms with Crippen LogP contribution in [0.3, 0.4) is 0 Å². The Morgan fingerprint density at radius 3 is 2.22 bits per heavy atom. The average Bonchev–Trinajstić information content (AvgIpc) is 3.30. The first-order valence-corrected chi connectivity index (χ1v) is 11.9. The Kier molecular flexibility index (Phi) is 13.0. The number of nitrogens with two attached hydrogens (primary N) is 3. The molecule has 1 aromatic heterocycles. The van der Waals surface area contributed by atoms with E-state index in [2.05, 4.69) is 30.9 Å². The maximum atomic E-state index is 13.0. The van der Waals surface area contributed by atoms with Gasteiger partial charge in [0.15, 0.2) is 5.96 Å². The number of nitrogens with zero attached hydrogens (tertiary/aromatic N) is 2. The molecule has 0 spiro atoms. The van der Waals surface area contributed by atoms with Crippen molar-refractivity contribution in [2.24, 2.45) is 28.1 Å². The number of aliphatic hydroxyl groups is 1. The van der Waals surface area contributed by atoms with Crippen LogP contribution in [-0.4, -0.2) is 86.6 Å². The van der Waals surface area contributed by atoms with Crippen LogP contribution in [0.4, 0.5) is 0 Å². The minimum atomic E-state index is -1.40. The Labute approximate surface area is 215 Å². The fourth-order valence-corrected chi connectivity index (χ4v) is 3.40. The molecule has 5 atom stereocenters. The highest BCUT2D eigenvalue weighted by molar-refractivity contribution is 5.94. The summed E-state index contributed by atoms with van der Waals surface area (Å²) in [5.74, 6) is -3.55. The third kappa shape index (κ3) is 11.7. The van der Waals surface area contributed by atoms with Crippen molar-refractivity contribution in [2.75, 3.05) is 6.54 Å². The van der Waals surface area contributed by atoms with Crippen molar-refractivity contribution >= 4 is 29.7 Å². The molecular weight excluding hydrogens is 486 g/mol. The summed E-state index contributed by atoms with van der Waals surface area (Å²) >= 11 is 0. The topological polar surface area (TPSA) is 264 Å². The number of amides is 3. The molecular formula is C22H39N9O6. The molecule has 12 N–H and O–H groups in total. The number of carboxylic acid groups (broad SMARTS) is 1. The van der Waals surface area contributed by atoms with Crippen molar-refractivity contribution in [1.29, 1.82) is 0 Å². The second kappa shape index (κ2) is 15.4. The van der Waals surface area contributed by atoms with Crippen molar-refractivity contribution in [3.8, 4) is 0 Å². The zero-order valence-electron chi connectivity index (χ0n) is 21.3. The van der Waals surface area contributed by atoms with E-state index in [0.717, 1.165) is 0 Å². The Bertz CT molecular complexity index is 916. The average molecular weight is 526 g/mol. The smallest absolute Gasteiger partial charge is 0.326 e. The number of aliphatic carboxylic acids is 1. The molecule has 208 valence electrons. The van der Waals surface area contributed by atoms with Gasteiger partial charge in [-0.15, -0.1) is 0 Å². The summed E-state index contributed by atoms with van der Waals surface area (Å²) in [4.78, 5) is 60.7. The molecule has 0 aliphatic rings. The largest absolute Gasteiger partial charge is 0.480 e. The second-order valence-electron chi connectivity index (χ2n) is 9.15. The van der Waals surface area contributed by atoms with Gasteiger partial charge < -0.3 is 48.3 Å². The number of H-pyrrole nitrogens is 1. The quantitative estimate of drug-likeness (QED) is 0.0612. The summed E-state index contributed by atoms with van der Waals surface area (Å²) in [6.45, 7) is 5.25. The molecule has 1 rings (SSSR count). The molecule has 15 heteroatoms. The van der Waals surface area contributed by atoms with Crippen molar-refractivity contribution in [3.05, 3.63) is 18.2 Å². The number of hydrogen-bond donors (Lipinski definition) is 9. The predicted octanol–water partition coefficient (Wildman–Crippen LogP) is -2.70. The van der Waals surface area contributed by atoms with Crippen LogP contribution in [0, 0.1) is 5.92 Å². The van der Waals surface area contributed by atoms with Gasteiger partial charge in [0.05, 0.1) is 18.5 Å². The molecule has 0 aliphatic heterocycles. The Hall–Kier alpha value is -3.72. The standard InChI is InChI=1S/C22H39N9O6/c1-11(2)7-14(23)18(33)31-17(12(3)32)20(35)30-16(8-13-9-26-10-28-13)19(34)29-15(21(36)37)5-4-6-27-22(24)25/h9-12,14-17,32H,4-8,23H2,1-3H3,(H,26,28)(H,29,34)(H,30,35)(H,31,33)(H,36,37)(H4,24,25,27). The number of hydrogen-bond acceptors (Lipinski definition) is 8. The lowest BCUT2D eigenvalue weighted by atomic mass is 10.0. The zero-order chi connectivity index (χ0) is 28.1. The first kappa shape index (κ1) is 31.3. The van der Waals surface area contributed by atoms with Gasteiger partial charge in [0.1, 0.15) is 18.1 Å². The van der Waals surface area contributed by atoms with Crippen molar-refractivity contribution < 1.29 is 29.4 Å². The molecule has 0 saturated heterocycles. The van der Waals surface area contributed by atoms with Crippen molar-refractivity contribution in [1.82, 2.24) is 25.9 Å². The number of nitrogens with one attached hydrogen (secondary N) is 4. The normalized spacial score (nSPS) is 15.1. The monoisotopic (exact) mass is 525 g/mol. The van der Waals surface area contributed by atoms with Gasteiger partial charge in [-0.3, -0.25) is 19.4 Å². The molecule has 3 amide bonds. The minimum absolute atomic E-state index is 0.0304. The Balaban J connectivity index is 3.00. The van der Waals surface area contributed by atoms with E-state index in [1.807, 2.05) is 13.8 Å². The Morgan fingerprint density at radius 2 is 1.70 bits per heavy atom. The highest BCUT2D eigenvalue weighted by Gasteiger charge is 2.32. The lowest BCUT2D eigenvalue weighted by Crippen LogP contribution is -2.60. The van der Waals surface area contributed by atoms with E-state index in [9.17, 15) is 29.4 Å². The van der Waals surface area contributed by atoms with Crippen LogP contribution in [-0.2, 0) is 25.6 Å². The van der Waals surface area contributed by atoms with Gasteiger partial charge >= 0.3 is 5.97 Å². The first-order valence-electron chi connectivity index (χ1n) is 11.9. The van der Waals surface area contributed by atoms with Gasteiger partial charge in [0, 0.05) is 24.9 Å². The third-order valence-electron chi connectivity index (χ3n) is 5.30. The van der Waals surface area contributed by atoms with E-state index in [0.29, 0.717) is 12.1 Å². The molecule has 0 radical (unpaired) electrons. The van der Waals surface area contributed by atoms with Crippen LogP contribution >= 0.6 is 0 Å². The van der Waals surface area contributed by atoms with Gasteiger partial charge in [-0.25, -0.2) is 9.78 Å². The number of carbonyl (C=O) groups is 4. The second-order valence-corrected chi connectivity index (χ2v) is 9.15. The number of aliphatic imine (C=N–C) groups is 1. The number of carboxylic acids is 1. The first-order chi connectivity index (χ1) is 17.3. The Morgan fingerprint density at radius 1 is 1.05 bits per heavy atom. The number of aromatic amines is 1. The van der Waals surface area contributed by atoms with Crippen molar-refractivity contribution in [2.45, 2.75) is 76.7 Å². The summed E-state index contributed by atoms with van der Waals surface area (Å²) in [6, 6.07) is -4.83. The number of imidazole rings is 1. The summed E-state index contributed by atoms with van der Waals surface area (Å²) in [5, 5.41) is 27.0. The molecule has 1 aromatic rings. The molecule has 0 bridgehead atoms. The molecule has 0 saturated carbocycles. The lowest BCUT2D eigenvalue weighted by molar-refractivity contribution is -0.142. The molecule has 15 nitrogen and oxygen atoms in total. The molecule has 5 unspecified atom stereocenters. The van der Waals surface area contributed by atoms with E-state index >= 15 is 0 Å². The summed E-state index contributed by atoms with van der Waals surface area (Å²) < 4.78 is 0. The molecule has 0 aliphatic carbocycles. The summed E-state index contributed by atoms with van der Waals surface area (Å²) in [5.41, 5.74) is 16.9. The molecule has 37 heavy (non-hydrogen) atoms. The number of aliphatic hydroxyl groups excluding tert-OH is 1. The zero-order valence-corrected chi connectivity index (χ0v) is 21.3. The number of aromatic nitrogens is 2. The van der Waals surface area contributed by atoms with Crippen LogP contribution in [0.25, 0.3) is 0 Å². The predicted molar refractivity (Wildman–Crippen MR) is 135 cm³/mol. The van der Waals surface area contributed by atoms with Crippen molar-refractivity contribution in [3.63, 3.8) is 0 Å². The maximum absolute atomic E-state index is 13.0. The van der Waals surface area contributed by atoms with E-state index in [1.54, 1.807) is 0 Å². The van der Waals surface area contributed by atoms with Gasteiger partial charge in [0.25, 0.3) is 0 Å². The summed E-state index contributed by atoms with van der Waals surface area (Å²) in [7, 11) is 0. The fourth-order valence-electron chi connectivity index (χ4n) is 3.40. The van der Waals surface area contributed by atoms with Crippen LogP contribution in [0.1, 0.15) is 45.7 Å². The van der Waals surface area contributed by atoms with E-state index < -0.39 is 54.0 Å². The van der Waals surface area contributed by atoms with Gasteiger partial charge in [-0.1, -0.05) is 13.8 Å².